The Hall–Kier alpha value is -1.61. The third-order valence-electron chi connectivity index (χ3n) is 3.41. The molecule has 3 heteroatoms. The molecule has 110 valence electrons. The van der Waals surface area contributed by atoms with E-state index in [9.17, 15) is 4.39 Å². The SMILES string of the molecule is C=C(N(/C(C)=C/C)c1ccc(F)cc1)C(C)(C)COC. The lowest BCUT2D eigenvalue weighted by molar-refractivity contribution is 0.125. The second-order valence-electron chi connectivity index (χ2n) is 5.51. The fourth-order valence-electron chi connectivity index (χ4n) is 2.04. The van der Waals surface area contributed by atoms with E-state index in [1.54, 1.807) is 19.2 Å². The quantitative estimate of drug-likeness (QED) is 0.744. The fraction of sp³-hybridized carbons (Fsp3) is 0.412. The first-order valence-corrected chi connectivity index (χ1v) is 6.70. The summed E-state index contributed by atoms with van der Waals surface area (Å²) in [4.78, 5) is 2.04. The number of benzene rings is 1. The van der Waals surface area contributed by atoms with Crippen LogP contribution in [0.4, 0.5) is 10.1 Å². The van der Waals surface area contributed by atoms with Gasteiger partial charge in [0.25, 0.3) is 0 Å². The molecule has 20 heavy (non-hydrogen) atoms. The second-order valence-corrected chi connectivity index (χ2v) is 5.51. The number of anilines is 1. The largest absolute Gasteiger partial charge is 0.384 e. The van der Waals surface area contributed by atoms with Crippen molar-refractivity contribution in [1.82, 2.24) is 0 Å². The third-order valence-corrected chi connectivity index (χ3v) is 3.41. The lowest BCUT2D eigenvalue weighted by Crippen LogP contribution is -2.33. The average molecular weight is 277 g/mol. The van der Waals surface area contributed by atoms with Crippen molar-refractivity contribution in [3.05, 3.63) is 54.1 Å². The molecule has 0 aliphatic heterocycles. The summed E-state index contributed by atoms with van der Waals surface area (Å²) >= 11 is 0. The highest BCUT2D eigenvalue weighted by Crippen LogP contribution is 2.34. The molecule has 0 aromatic heterocycles. The van der Waals surface area contributed by atoms with Crippen molar-refractivity contribution in [3.8, 4) is 0 Å². The molecule has 0 unspecified atom stereocenters. The molecular formula is C17H24FNO. The van der Waals surface area contributed by atoms with E-state index in [1.165, 1.54) is 12.1 Å². The van der Waals surface area contributed by atoms with Gasteiger partial charge < -0.3 is 9.64 Å². The van der Waals surface area contributed by atoms with Crippen LogP contribution in [0.3, 0.4) is 0 Å². The van der Waals surface area contributed by atoms with Crippen LogP contribution in [0.2, 0.25) is 0 Å². The Morgan fingerprint density at radius 1 is 1.35 bits per heavy atom. The van der Waals surface area contributed by atoms with E-state index in [0.717, 1.165) is 17.1 Å². The highest BCUT2D eigenvalue weighted by atomic mass is 19.1. The molecule has 0 amide bonds. The van der Waals surface area contributed by atoms with Crippen LogP contribution in [0.15, 0.2) is 48.3 Å². The van der Waals surface area contributed by atoms with Gasteiger partial charge in [0.05, 0.1) is 6.61 Å². The average Bonchev–Trinajstić information content (AvgIpc) is 2.40. The molecule has 0 heterocycles. The summed E-state index contributed by atoms with van der Waals surface area (Å²) in [6.07, 6.45) is 2.01. The zero-order valence-corrected chi connectivity index (χ0v) is 13.0. The lowest BCUT2D eigenvalue weighted by atomic mass is 9.89. The Labute approximate surface area is 121 Å². The van der Waals surface area contributed by atoms with Crippen molar-refractivity contribution in [2.24, 2.45) is 5.41 Å². The smallest absolute Gasteiger partial charge is 0.123 e. The summed E-state index contributed by atoms with van der Waals surface area (Å²) in [5, 5.41) is 0. The molecule has 0 saturated heterocycles. The van der Waals surface area contributed by atoms with Crippen LogP contribution in [-0.4, -0.2) is 13.7 Å². The van der Waals surface area contributed by atoms with Gasteiger partial charge in [0.2, 0.25) is 0 Å². The van der Waals surface area contributed by atoms with E-state index < -0.39 is 0 Å². The topological polar surface area (TPSA) is 12.5 Å². The van der Waals surface area contributed by atoms with Crippen molar-refractivity contribution < 1.29 is 9.13 Å². The molecule has 1 aromatic carbocycles. The number of nitrogens with zero attached hydrogens (tertiary/aromatic N) is 1. The third kappa shape index (κ3) is 3.70. The van der Waals surface area contributed by atoms with Crippen LogP contribution in [0.5, 0.6) is 0 Å². The molecule has 0 fully saturated rings. The molecule has 0 aliphatic carbocycles. The molecule has 0 N–H and O–H groups in total. The number of hydrogen-bond acceptors (Lipinski definition) is 2. The minimum absolute atomic E-state index is 0.215. The molecule has 0 radical (unpaired) electrons. The van der Waals surface area contributed by atoms with Gasteiger partial charge in [-0.3, -0.25) is 0 Å². The Balaban J connectivity index is 3.20. The van der Waals surface area contributed by atoms with Gasteiger partial charge in [0, 0.05) is 29.6 Å². The van der Waals surface area contributed by atoms with Gasteiger partial charge in [-0.1, -0.05) is 26.5 Å². The maximum atomic E-state index is 13.1. The van der Waals surface area contributed by atoms with Crippen molar-refractivity contribution in [2.45, 2.75) is 27.7 Å². The van der Waals surface area contributed by atoms with E-state index in [0.29, 0.717) is 6.61 Å². The van der Waals surface area contributed by atoms with E-state index in [1.807, 2.05) is 24.8 Å². The minimum Gasteiger partial charge on any atom is -0.384 e. The summed E-state index contributed by atoms with van der Waals surface area (Å²) in [5.41, 5.74) is 2.65. The van der Waals surface area contributed by atoms with Gasteiger partial charge in [-0.2, -0.15) is 0 Å². The Morgan fingerprint density at radius 2 is 1.90 bits per heavy atom. The molecule has 1 aromatic rings. The van der Waals surface area contributed by atoms with Gasteiger partial charge in [0.1, 0.15) is 5.82 Å². The van der Waals surface area contributed by atoms with E-state index in [2.05, 4.69) is 20.4 Å². The predicted molar refractivity (Wildman–Crippen MR) is 83.1 cm³/mol. The first-order valence-electron chi connectivity index (χ1n) is 6.70. The van der Waals surface area contributed by atoms with Crippen LogP contribution >= 0.6 is 0 Å². The monoisotopic (exact) mass is 277 g/mol. The number of methoxy groups -OCH3 is 1. The molecule has 0 spiro atoms. The molecule has 0 aliphatic rings. The first kappa shape index (κ1) is 16.4. The predicted octanol–water partition coefficient (Wildman–Crippen LogP) is 4.74. The molecular weight excluding hydrogens is 253 g/mol. The molecule has 1 rings (SSSR count). The van der Waals surface area contributed by atoms with Gasteiger partial charge in [-0.25, -0.2) is 4.39 Å². The summed E-state index contributed by atoms with van der Waals surface area (Å²) in [6, 6.07) is 6.44. The summed E-state index contributed by atoms with van der Waals surface area (Å²) in [6.45, 7) is 12.9. The summed E-state index contributed by atoms with van der Waals surface area (Å²) in [7, 11) is 1.68. The number of hydrogen-bond donors (Lipinski definition) is 0. The number of allylic oxidation sites excluding steroid dienone is 2. The van der Waals surface area contributed by atoms with E-state index in [-0.39, 0.29) is 11.2 Å². The van der Waals surface area contributed by atoms with Crippen molar-refractivity contribution >= 4 is 5.69 Å². The Kier molecular flexibility index (Phi) is 5.52. The van der Waals surface area contributed by atoms with Crippen LogP contribution in [-0.2, 0) is 4.74 Å². The van der Waals surface area contributed by atoms with Gasteiger partial charge >= 0.3 is 0 Å². The number of ether oxygens (including phenoxy) is 1. The first-order chi connectivity index (χ1) is 9.33. The van der Waals surface area contributed by atoms with Crippen LogP contribution in [0.25, 0.3) is 0 Å². The van der Waals surface area contributed by atoms with Crippen molar-refractivity contribution in [2.75, 3.05) is 18.6 Å². The second kappa shape index (κ2) is 6.71. The number of rotatable bonds is 6. The standard InChI is InChI=1S/C17H24FNO/c1-7-13(2)19(14(3)17(4,5)12-20-6)16-10-8-15(18)9-11-16/h7-11H,3,12H2,1-2,4-6H3/b13-7+. The fourth-order valence-corrected chi connectivity index (χ4v) is 2.04. The molecule has 0 atom stereocenters. The zero-order chi connectivity index (χ0) is 15.3. The maximum Gasteiger partial charge on any atom is 0.123 e. The lowest BCUT2D eigenvalue weighted by Gasteiger charge is -2.37. The summed E-state index contributed by atoms with van der Waals surface area (Å²) < 4.78 is 18.4. The van der Waals surface area contributed by atoms with Crippen molar-refractivity contribution in [3.63, 3.8) is 0 Å². The Bertz CT molecular complexity index is 488. The molecule has 0 bridgehead atoms. The highest BCUT2D eigenvalue weighted by Gasteiger charge is 2.27. The Morgan fingerprint density at radius 3 is 2.35 bits per heavy atom. The normalized spacial score (nSPS) is 12.4. The number of halogens is 1. The van der Waals surface area contributed by atoms with E-state index in [4.69, 9.17) is 4.74 Å². The molecule has 2 nitrogen and oxygen atoms in total. The van der Waals surface area contributed by atoms with Gasteiger partial charge in [-0.05, 0) is 38.1 Å². The van der Waals surface area contributed by atoms with Crippen molar-refractivity contribution in [1.29, 1.82) is 0 Å². The van der Waals surface area contributed by atoms with E-state index >= 15 is 0 Å². The minimum atomic E-state index is -0.242. The van der Waals surface area contributed by atoms with Gasteiger partial charge in [-0.15, -0.1) is 0 Å². The van der Waals surface area contributed by atoms with Gasteiger partial charge in [0.15, 0.2) is 0 Å². The zero-order valence-electron chi connectivity index (χ0n) is 13.0. The summed E-state index contributed by atoms with van der Waals surface area (Å²) in [5.74, 6) is -0.242. The molecule has 0 saturated carbocycles. The van der Waals surface area contributed by atoms with Crippen LogP contribution in [0.1, 0.15) is 27.7 Å². The van der Waals surface area contributed by atoms with Crippen LogP contribution < -0.4 is 4.90 Å². The maximum absolute atomic E-state index is 13.1. The highest BCUT2D eigenvalue weighted by molar-refractivity contribution is 5.58. The van der Waals surface area contributed by atoms with Crippen LogP contribution in [0, 0.1) is 11.2 Å².